The van der Waals surface area contributed by atoms with Gasteiger partial charge in [-0.05, 0) is 55.5 Å². The van der Waals surface area contributed by atoms with Gasteiger partial charge in [-0.3, -0.25) is 4.79 Å². The number of benzene rings is 1. The van der Waals surface area contributed by atoms with Gasteiger partial charge in [-0.15, -0.1) is 0 Å². The second-order valence-electron chi connectivity index (χ2n) is 5.55. The van der Waals surface area contributed by atoms with Gasteiger partial charge in [0, 0.05) is 11.8 Å². The number of furan rings is 1. The number of pyridine rings is 1. The first-order chi connectivity index (χ1) is 12.9. The molecule has 138 valence electrons. The van der Waals surface area contributed by atoms with Crippen molar-refractivity contribution in [2.45, 2.75) is 13.0 Å². The summed E-state index contributed by atoms with van der Waals surface area (Å²) in [5, 5.41) is 2.65. The largest absolute Gasteiger partial charge is 0.449 e. The fourth-order valence-electron chi connectivity index (χ4n) is 2.20. The number of amides is 1. The Morgan fingerprint density at radius 1 is 1.19 bits per heavy atom. The van der Waals surface area contributed by atoms with Crippen molar-refractivity contribution < 1.29 is 23.1 Å². The van der Waals surface area contributed by atoms with Crippen LogP contribution in [0.25, 0.3) is 11.3 Å². The highest BCUT2D eigenvalue weighted by atomic mass is 35.5. The molecule has 1 amide bonds. The number of halogens is 2. The highest BCUT2D eigenvalue weighted by Gasteiger charge is 2.22. The summed E-state index contributed by atoms with van der Waals surface area (Å²) >= 11 is 5.87. The zero-order chi connectivity index (χ0) is 19.4. The second kappa shape index (κ2) is 8.01. The predicted octanol–water partition coefficient (Wildman–Crippen LogP) is 4.32. The highest BCUT2D eigenvalue weighted by molar-refractivity contribution is 6.32. The molecule has 0 saturated carbocycles. The Morgan fingerprint density at radius 3 is 2.63 bits per heavy atom. The fraction of sp³-hybridized carbons (Fsp3) is 0.105. The molecule has 0 unspecified atom stereocenters. The molecule has 2 aromatic heterocycles. The summed E-state index contributed by atoms with van der Waals surface area (Å²) in [6.07, 6.45) is 0.394. The summed E-state index contributed by atoms with van der Waals surface area (Å²) in [4.78, 5) is 28.2. The molecule has 1 aromatic carbocycles. The summed E-state index contributed by atoms with van der Waals surface area (Å²) in [6.45, 7) is 1.42. The van der Waals surface area contributed by atoms with Gasteiger partial charge in [0.15, 0.2) is 11.3 Å². The first-order valence-corrected chi connectivity index (χ1v) is 8.30. The number of carbonyl (C=O) groups excluding carboxylic acids is 2. The van der Waals surface area contributed by atoms with Crippen LogP contribution in [0.3, 0.4) is 0 Å². The van der Waals surface area contributed by atoms with Crippen LogP contribution in [0.1, 0.15) is 17.5 Å². The van der Waals surface area contributed by atoms with E-state index in [1.54, 1.807) is 18.2 Å². The third-order valence-electron chi connectivity index (χ3n) is 3.61. The van der Waals surface area contributed by atoms with Crippen molar-refractivity contribution in [1.82, 2.24) is 4.98 Å². The Balaban J connectivity index is 1.64. The van der Waals surface area contributed by atoms with Crippen LogP contribution < -0.4 is 5.32 Å². The lowest BCUT2D eigenvalue weighted by atomic mass is 10.2. The fourth-order valence-corrected chi connectivity index (χ4v) is 2.37. The van der Waals surface area contributed by atoms with Crippen LogP contribution in [0, 0.1) is 5.82 Å². The molecular formula is C19H14ClFN2O4. The van der Waals surface area contributed by atoms with Gasteiger partial charge in [0.2, 0.25) is 5.76 Å². The molecule has 8 heteroatoms. The van der Waals surface area contributed by atoms with Gasteiger partial charge in [0.1, 0.15) is 11.6 Å². The lowest BCUT2D eigenvalue weighted by Gasteiger charge is -2.13. The van der Waals surface area contributed by atoms with E-state index in [0.29, 0.717) is 17.0 Å². The normalized spacial score (nSPS) is 11.7. The summed E-state index contributed by atoms with van der Waals surface area (Å²) in [5.41, 5.74) is 0.913. The van der Waals surface area contributed by atoms with Gasteiger partial charge in [0.25, 0.3) is 5.91 Å². The number of nitrogens with one attached hydrogen (secondary N) is 1. The smallest absolute Gasteiger partial charge is 0.375 e. The molecule has 2 heterocycles. The SMILES string of the molecule is C[C@H](OC(=O)c1ccc(-c2ccc(F)cc2)o1)C(=O)Nc1cccnc1Cl. The minimum absolute atomic E-state index is 0.0756. The molecule has 0 aliphatic rings. The molecule has 1 atom stereocenters. The van der Waals surface area contributed by atoms with Gasteiger partial charge in [0.05, 0.1) is 5.69 Å². The zero-order valence-electron chi connectivity index (χ0n) is 14.1. The number of hydrogen-bond donors (Lipinski definition) is 1. The predicted molar refractivity (Wildman–Crippen MR) is 96.9 cm³/mol. The number of aromatic nitrogens is 1. The first kappa shape index (κ1) is 18.6. The quantitative estimate of drug-likeness (QED) is 0.520. The number of anilines is 1. The van der Waals surface area contributed by atoms with E-state index in [2.05, 4.69) is 10.3 Å². The minimum atomic E-state index is -1.09. The number of carbonyl (C=O) groups is 2. The number of nitrogens with zero attached hydrogens (tertiary/aromatic N) is 1. The second-order valence-corrected chi connectivity index (χ2v) is 5.91. The van der Waals surface area contributed by atoms with Crippen LogP contribution in [0.2, 0.25) is 5.15 Å². The number of ether oxygens (including phenoxy) is 1. The molecular weight excluding hydrogens is 375 g/mol. The van der Waals surface area contributed by atoms with Crippen LogP contribution in [-0.4, -0.2) is 23.0 Å². The Bertz CT molecular complexity index is 972. The van der Waals surface area contributed by atoms with E-state index < -0.39 is 18.0 Å². The van der Waals surface area contributed by atoms with Crippen molar-refractivity contribution in [2.75, 3.05) is 5.32 Å². The monoisotopic (exact) mass is 388 g/mol. The standard InChI is InChI=1S/C19H14ClFN2O4/c1-11(18(24)23-14-3-2-10-22-17(14)20)26-19(25)16-9-8-15(27-16)12-4-6-13(21)7-5-12/h2-11H,1H3,(H,23,24)/t11-/m0/s1. The van der Waals surface area contributed by atoms with E-state index in [-0.39, 0.29) is 16.7 Å². The number of rotatable bonds is 5. The maximum absolute atomic E-state index is 13.0. The molecule has 0 aliphatic carbocycles. The lowest BCUT2D eigenvalue weighted by Crippen LogP contribution is -2.30. The molecule has 6 nitrogen and oxygen atoms in total. The molecule has 0 bridgehead atoms. The van der Waals surface area contributed by atoms with E-state index in [1.807, 2.05) is 0 Å². The Morgan fingerprint density at radius 2 is 1.93 bits per heavy atom. The van der Waals surface area contributed by atoms with Gasteiger partial charge in [-0.2, -0.15) is 0 Å². The summed E-state index contributed by atoms with van der Waals surface area (Å²) in [7, 11) is 0. The van der Waals surface area contributed by atoms with Crippen LogP contribution in [0.4, 0.5) is 10.1 Å². The Hall–Kier alpha value is -3.19. The van der Waals surface area contributed by atoms with Crippen molar-refractivity contribution in [2.24, 2.45) is 0 Å². The highest BCUT2D eigenvalue weighted by Crippen LogP contribution is 2.23. The molecule has 0 radical (unpaired) electrons. The van der Waals surface area contributed by atoms with Crippen molar-refractivity contribution in [3.63, 3.8) is 0 Å². The van der Waals surface area contributed by atoms with Crippen LogP contribution in [0.15, 0.2) is 59.1 Å². The summed E-state index contributed by atoms with van der Waals surface area (Å²) in [5.74, 6) is -1.44. The van der Waals surface area contributed by atoms with Gasteiger partial charge < -0.3 is 14.5 Å². The van der Waals surface area contributed by atoms with Crippen LogP contribution in [-0.2, 0) is 9.53 Å². The Labute approximate surface area is 158 Å². The van der Waals surface area contributed by atoms with E-state index in [1.165, 1.54) is 43.5 Å². The van der Waals surface area contributed by atoms with Crippen molar-refractivity contribution >= 4 is 29.2 Å². The molecule has 27 heavy (non-hydrogen) atoms. The van der Waals surface area contributed by atoms with Gasteiger partial charge in [-0.1, -0.05) is 11.6 Å². The van der Waals surface area contributed by atoms with Crippen LogP contribution >= 0.6 is 11.6 Å². The molecule has 0 fully saturated rings. The third-order valence-corrected chi connectivity index (χ3v) is 3.91. The topological polar surface area (TPSA) is 81.4 Å². The minimum Gasteiger partial charge on any atom is -0.449 e. The van der Waals surface area contributed by atoms with Crippen molar-refractivity contribution in [3.8, 4) is 11.3 Å². The third kappa shape index (κ3) is 4.51. The zero-order valence-corrected chi connectivity index (χ0v) is 14.9. The van der Waals surface area contributed by atoms with Crippen LogP contribution in [0.5, 0.6) is 0 Å². The van der Waals surface area contributed by atoms with Crippen molar-refractivity contribution in [3.05, 3.63) is 71.5 Å². The average molecular weight is 389 g/mol. The van der Waals surface area contributed by atoms with E-state index >= 15 is 0 Å². The molecule has 0 aliphatic heterocycles. The summed E-state index contributed by atoms with van der Waals surface area (Å²) < 4.78 is 23.5. The average Bonchev–Trinajstić information content (AvgIpc) is 3.14. The maximum Gasteiger partial charge on any atom is 0.375 e. The van der Waals surface area contributed by atoms with Gasteiger partial charge >= 0.3 is 5.97 Å². The molecule has 3 rings (SSSR count). The first-order valence-electron chi connectivity index (χ1n) is 7.92. The van der Waals surface area contributed by atoms with E-state index in [4.69, 9.17) is 20.8 Å². The number of hydrogen-bond acceptors (Lipinski definition) is 5. The Kier molecular flexibility index (Phi) is 5.52. The van der Waals surface area contributed by atoms with E-state index in [9.17, 15) is 14.0 Å². The number of esters is 1. The molecule has 1 N–H and O–H groups in total. The molecule has 0 spiro atoms. The lowest BCUT2D eigenvalue weighted by molar-refractivity contribution is -0.123. The van der Waals surface area contributed by atoms with Gasteiger partial charge in [-0.25, -0.2) is 14.2 Å². The maximum atomic E-state index is 13.0. The summed E-state index contributed by atoms with van der Waals surface area (Å²) in [6, 6.07) is 11.8. The van der Waals surface area contributed by atoms with E-state index in [0.717, 1.165) is 0 Å². The molecule has 3 aromatic rings. The van der Waals surface area contributed by atoms with Crippen molar-refractivity contribution in [1.29, 1.82) is 0 Å². The molecule has 0 saturated heterocycles.